The lowest BCUT2D eigenvalue weighted by molar-refractivity contribution is -0.126. The molecule has 0 bridgehead atoms. The molecule has 1 amide bonds. The predicted octanol–water partition coefficient (Wildman–Crippen LogP) is 1.67. The van der Waals surface area contributed by atoms with Crippen molar-refractivity contribution in [3.05, 3.63) is 35.4 Å². The minimum Gasteiger partial charge on any atom is -0.389 e. The second-order valence-electron chi connectivity index (χ2n) is 5.32. The first-order chi connectivity index (χ1) is 9.31. The van der Waals surface area contributed by atoms with Crippen LogP contribution in [0.1, 0.15) is 31.9 Å². The Balaban J connectivity index is 2.70. The molecule has 0 aliphatic carbocycles. The van der Waals surface area contributed by atoms with Gasteiger partial charge >= 0.3 is 0 Å². The zero-order chi connectivity index (χ0) is 15.3. The highest BCUT2D eigenvalue weighted by molar-refractivity contribution is 7.80. The van der Waals surface area contributed by atoms with Crippen molar-refractivity contribution in [3.8, 4) is 0 Å². The van der Waals surface area contributed by atoms with E-state index in [1.807, 2.05) is 57.0 Å². The van der Waals surface area contributed by atoms with Crippen molar-refractivity contribution in [1.82, 2.24) is 10.2 Å². The molecule has 0 spiro atoms. The average molecular weight is 293 g/mol. The molecule has 20 heavy (non-hydrogen) atoms. The first-order valence-electron chi connectivity index (χ1n) is 6.70. The summed E-state index contributed by atoms with van der Waals surface area (Å²) in [7, 11) is 1.93. The van der Waals surface area contributed by atoms with E-state index in [9.17, 15) is 4.79 Å². The quantitative estimate of drug-likeness (QED) is 0.783. The maximum absolute atomic E-state index is 12.0. The Kier molecular flexibility index (Phi) is 6.10. The van der Waals surface area contributed by atoms with Crippen LogP contribution in [0.5, 0.6) is 0 Å². The van der Waals surface area contributed by atoms with Gasteiger partial charge in [0.25, 0.3) is 0 Å². The summed E-state index contributed by atoms with van der Waals surface area (Å²) in [5, 5.41) is 2.92. The molecule has 1 aromatic rings. The topological polar surface area (TPSA) is 58.4 Å². The lowest BCUT2D eigenvalue weighted by atomic mass is 10.1. The molecule has 1 unspecified atom stereocenters. The van der Waals surface area contributed by atoms with E-state index in [1.165, 1.54) is 0 Å². The molecule has 0 saturated carbocycles. The highest BCUT2D eigenvalue weighted by Gasteiger charge is 2.18. The van der Waals surface area contributed by atoms with E-state index in [2.05, 4.69) is 5.32 Å². The number of benzene rings is 1. The molecule has 3 N–H and O–H groups in total. The van der Waals surface area contributed by atoms with Crippen LogP contribution in [0.25, 0.3) is 0 Å². The van der Waals surface area contributed by atoms with Gasteiger partial charge in [-0.15, -0.1) is 0 Å². The molecular weight excluding hydrogens is 270 g/mol. The summed E-state index contributed by atoms with van der Waals surface area (Å²) < 4.78 is 0. The minimum atomic E-state index is -0.189. The van der Waals surface area contributed by atoms with Crippen molar-refractivity contribution in [2.75, 3.05) is 7.05 Å². The SMILES string of the molecule is CC(C)NC(=O)C(C)N(C)Cc1cccc(C(N)=S)c1. The van der Waals surface area contributed by atoms with Gasteiger partial charge in [-0.3, -0.25) is 9.69 Å². The number of rotatable bonds is 6. The normalized spacial score (nSPS) is 12.5. The fourth-order valence-electron chi connectivity index (χ4n) is 1.85. The number of hydrogen-bond acceptors (Lipinski definition) is 3. The lowest BCUT2D eigenvalue weighted by Crippen LogP contribution is -2.45. The number of carbonyl (C=O) groups excluding carboxylic acids is 1. The summed E-state index contributed by atoms with van der Waals surface area (Å²) in [6.45, 7) is 6.48. The molecule has 1 atom stereocenters. The highest BCUT2D eigenvalue weighted by Crippen LogP contribution is 2.10. The number of likely N-dealkylation sites (N-methyl/N-ethyl adjacent to an activating group) is 1. The summed E-state index contributed by atoms with van der Waals surface area (Å²) in [4.78, 5) is 14.4. The minimum absolute atomic E-state index is 0.0352. The van der Waals surface area contributed by atoms with Gasteiger partial charge in [-0.05, 0) is 39.4 Å². The van der Waals surface area contributed by atoms with Gasteiger partial charge in [0.15, 0.2) is 0 Å². The third-order valence-corrected chi connectivity index (χ3v) is 3.35. The molecule has 5 heteroatoms. The number of nitrogens with two attached hydrogens (primary N) is 1. The maximum atomic E-state index is 12.0. The molecule has 1 rings (SSSR count). The van der Waals surface area contributed by atoms with Crippen LogP contribution in [-0.4, -0.2) is 34.9 Å². The van der Waals surface area contributed by atoms with Crippen LogP contribution in [0.4, 0.5) is 0 Å². The monoisotopic (exact) mass is 293 g/mol. The lowest BCUT2D eigenvalue weighted by Gasteiger charge is -2.25. The molecule has 0 aliphatic heterocycles. The van der Waals surface area contributed by atoms with E-state index in [0.29, 0.717) is 11.5 Å². The third kappa shape index (κ3) is 4.90. The van der Waals surface area contributed by atoms with E-state index < -0.39 is 0 Å². The first-order valence-corrected chi connectivity index (χ1v) is 7.11. The van der Waals surface area contributed by atoms with Crippen LogP contribution in [0.15, 0.2) is 24.3 Å². The van der Waals surface area contributed by atoms with Gasteiger partial charge in [0, 0.05) is 18.2 Å². The standard InChI is InChI=1S/C15H23N3OS/c1-10(2)17-15(19)11(3)18(4)9-12-6-5-7-13(8-12)14(16)20/h5-8,10-11H,9H2,1-4H3,(H2,16,20)(H,17,19). The summed E-state index contributed by atoms with van der Waals surface area (Å²) >= 11 is 4.98. The van der Waals surface area contributed by atoms with Crippen molar-refractivity contribution in [2.24, 2.45) is 5.73 Å². The van der Waals surface area contributed by atoms with Crippen LogP contribution in [0.2, 0.25) is 0 Å². The smallest absolute Gasteiger partial charge is 0.237 e. The van der Waals surface area contributed by atoms with Crippen molar-refractivity contribution in [2.45, 2.75) is 39.4 Å². The summed E-state index contributed by atoms with van der Waals surface area (Å²) in [5.74, 6) is 0.0352. The molecule has 0 heterocycles. The number of amides is 1. The van der Waals surface area contributed by atoms with Gasteiger partial charge in [0.05, 0.1) is 6.04 Å². The van der Waals surface area contributed by atoms with E-state index in [1.54, 1.807) is 0 Å². The summed E-state index contributed by atoms with van der Waals surface area (Å²) in [6, 6.07) is 7.75. The van der Waals surface area contributed by atoms with Gasteiger partial charge in [-0.2, -0.15) is 0 Å². The zero-order valence-electron chi connectivity index (χ0n) is 12.5. The Morgan fingerprint density at radius 1 is 1.40 bits per heavy atom. The molecule has 0 saturated heterocycles. The van der Waals surface area contributed by atoms with Gasteiger partial charge in [0.1, 0.15) is 4.99 Å². The molecule has 0 fully saturated rings. The van der Waals surface area contributed by atoms with E-state index in [0.717, 1.165) is 11.1 Å². The number of nitrogens with one attached hydrogen (secondary N) is 1. The Labute approximate surface area is 126 Å². The Bertz CT molecular complexity index is 488. The molecule has 110 valence electrons. The Hall–Kier alpha value is -1.46. The molecule has 0 aromatic heterocycles. The Morgan fingerprint density at radius 3 is 2.60 bits per heavy atom. The predicted molar refractivity (Wildman–Crippen MR) is 86.5 cm³/mol. The molecule has 0 aliphatic rings. The van der Waals surface area contributed by atoms with Gasteiger partial charge in [-0.1, -0.05) is 30.4 Å². The van der Waals surface area contributed by atoms with Crippen LogP contribution in [0, 0.1) is 0 Å². The second-order valence-corrected chi connectivity index (χ2v) is 5.76. The molecule has 0 radical (unpaired) electrons. The summed E-state index contributed by atoms with van der Waals surface area (Å²) in [6.07, 6.45) is 0. The van der Waals surface area contributed by atoms with Gasteiger partial charge < -0.3 is 11.1 Å². The molecule has 4 nitrogen and oxygen atoms in total. The van der Waals surface area contributed by atoms with Crippen LogP contribution in [-0.2, 0) is 11.3 Å². The van der Waals surface area contributed by atoms with Crippen LogP contribution >= 0.6 is 12.2 Å². The van der Waals surface area contributed by atoms with E-state index >= 15 is 0 Å². The highest BCUT2D eigenvalue weighted by atomic mass is 32.1. The maximum Gasteiger partial charge on any atom is 0.237 e. The molecular formula is C15H23N3OS. The van der Waals surface area contributed by atoms with Crippen molar-refractivity contribution in [3.63, 3.8) is 0 Å². The van der Waals surface area contributed by atoms with E-state index in [-0.39, 0.29) is 18.0 Å². The first kappa shape index (κ1) is 16.6. The Morgan fingerprint density at radius 2 is 2.05 bits per heavy atom. The van der Waals surface area contributed by atoms with Crippen molar-refractivity contribution < 1.29 is 4.79 Å². The number of carbonyl (C=O) groups is 1. The van der Waals surface area contributed by atoms with Crippen molar-refractivity contribution >= 4 is 23.1 Å². The number of hydrogen-bond donors (Lipinski definition) is 2. The fraction of sp³-hybridized carbons (Fsp3) is 0.467. The van der Waals surface area contributed by atoms with Crippen molar-refractivity contribution in [1.29, 1.82) is 0 Å². The van der Waals surface area contributed by atoms with Gasteiger partial charge in [-0.25, -0.2) is 0 Å². The second kappa shape index (κ2) is 7.36. The fourth-order valence-corrected chi connectivity index (χ4v) is 1.98. The molecule has 1 aromatic carbocycles. The third-order valence-electron chi connectivity index (χ3n) is 3.12. The van der Waals surface area contributed by atoms with Crippen LogP contribution in [0.3, 0.4) is 0 Å². The van der Waals surface area contributed by atoms with E-state index in [4.69, 9.17) is 18.0 Å². The number of thiocarbonyl (C=S) groups is 1. The van der Waals surface area contributed by atoms with Crippen LogP contribution < -0.4 is 11.1 Å². The van der Waals surface area contributed by atoms with Gasteiger partial charge in [0.2, 0.25) is 5.91 Å². The zero-order valence-corrected chi connectivity index (χ0v) is 13.3. The summed E-state index contributed by atoms with van der Waals surface area (Å²) in [5.41, 5.74) is 7.57. The largest absolute Gasteiger partial charge is 0.389 e. The number of nitrogens with zero attached hydrogens (tertiary/aromatic N) is 1. The average Bonchev–Trinajstić information content (AvgIpc) is 2.37.